The van der Waals surface area contributed by atoms with Crippen LogP contribution in [0.2, 0.25) is 5.02 Å². The Labute approximate surface area is 96.5 Å². The van der Waals surface area contributed by atoms with Gasteiger partial charge in [-0.05, 0) is 23.8 Å². The van der Waals surface area contributed by atoms with Crippen LogP contribution in [0.4, 0.5) is 0 Å². The third-order valence-electron chi connectivity index (χ3n) is 2.15. The topological polar surface area (TPSA) is 54.0 Å². The summed E-state index contributed by atoms with van der Waals surface area (Å²) < 4.78 is 4.63. The van der Waals surface area contributed by atoms with Crippen molar-refractivity contribution in [3.8, 4) is 17.2 Å². The molecular formula is C12H6ClNO2. The van der Waals surface area contributed by atoms with E-state index in [0.29, 0.717) is 10.6 Å². The highest BCUT2D eigenvalue weighted by molar-refractivity contribution is 6.30. The van der Waals surface area contributed by atoms with E-state index in [0.717, 1.165) is 5.56 Å². The molecule has 0 aliphatic heterocycles. The molecule has 0 saturated carbocycles. The molecule has 1 aromatic carbocycles. The van der Waals surface area contributed by atoms with E-state index in [9.17, 15) is 4.79 Å². The minimum atomic E-state index is -0.630. The summed E-state index contributed by atoms with van der Waals surface area (Å²) >= 11 is 5.76. The lowest BCUT2D eigenvalue weighted by Gasteiger charge is -2.02. The van der Waals surface area contributed by atoms with Crippen LogP contribution in [0.1, 0.15) is 5.56 Å². The average Bonchev–Trinajstić information content (AvgIpc) is 2.30. The Morgan fingerprint density at radius 3 is 2.50 bits per heavy atom. The van der Waals surface area contributed by atoms with Gasteiger partial charge in [0, 0.05) is 10.6 Å². The van der Waals surface area contributed by atoms with Crippen LogP contribution in [0.25, 0.3) is 11.1 Å². The molecule has 0 amide bonds. The van der Waals surface area contributed by atoms with Crippen LogP contribution in [-0.4, -0.2) is 0 Å². The molecule has 78 valence electrons. The van der Waals surface area contributed by atoms with E-state index < -0.39 is 5.63 Å². The summed E-state index contributed by atoms with van der Waals surface area (Å²) in [5, 5.41) is 9.48. The van der Waals surface area contributed by atoms with Crippen LogP contribution in [0.15, 0.2) is 45.8 Å². The number of nitriles is 1. The molecule has 0 bridgehead atoms. The van der Waals surface area contributed by atoms with Crippen LogP contribution >= 0.6 is 11.6 Å². The molecule has 1 heterocycles. The van der Waals surface area contributed by atoms with E-state index in [1.165, 1.54) is 6.26 Å². The van der Waals surface area contributed by atoms with E-state index >= 15 is 0 Å². The molecule has 2 aromatic rings. The van der Waals surface area contributed by atoms with Crippen molar-refractivity contribution in [3.05, 3.63) is 57.6 Å². The Balaban J connectivity index is 2.66. The Morgan fingerprint density at radius 2 is 1.88 bits per heavy atom. The van der Waals surface area contributed by atoms with Crippen molar-refractivity contribution in [2.75, 3.05) is 0 Å². The summed E-state index contributed by atoms with van der Waals surface area (Å²) in [5.41, 5.74) is 0.684. The van der Waals surface area contributed by atoms with Gasteiger partial charge in [-0.3, -0.25) is 0 Å². The monoisotopic (exact) mass is 231 g/mol. The summed E-state index contributed by atoms with van der Waals surface area (Å²) in [4.78, 5) is 11.3. The zero-order chi connectivity index (χ0) is 11.5. The molecule has 0 unspecified atom stereocenters. The molecule has 4 heteroatoms. The van der Waals surface area contributed by atoms with Crippen molar-refractivity contribution in [2.24, 2.45) is 0 Å². The van der Waals surface area contributed by atoms with Gasteiger partial charge >= 0.3 is 5.63 Å². The Bertz CT molecular complexity index is 608. The zero-order valence-corrected chi connectivity index (χ0v) is 8.86. The highest BCUT2D eigenvalue weighted by Gasteiger charge is 2.09. The van der Waals surface area contributed by atoms with E-state index in [1.54, 1.807) is 30.3 Å². The molecule has 0 aliphatic rings. The van der Waals surface area contributed by atoms with Gasteiger partial charge in [0.15, 0.2) is 0 Å². The summed E-state index contributed by atoms with van der Waals surface area (Å²) in [5.74, 6) is 0. The molecule has 0 radical (unpaired) electrons. The van der Waals surface area contributed by atoms with Gasteiger partial charge in [-0.2, -0.15) is 5.26 Å². The first-order valence-electron chi connectivity index (χ1n) is 4.50. The second-order valence-electron chi connectivity index (χ2n) is 3.12. The lowest BCUT2D eigenvalue weighted by atomic mass is 10.0. The molecule has 0 N–H and O–H groups in total. The standard InChI is InChI=1S/C12H6ClNO2/c13-9-3-1-8(2-4-9)10-5-6-16-12(15)11(10)7-14/h1-6H. The van der Waals surface area contributed by atoms with Crippen molar-refractivity contribution in [3.63, 3.8) is 0 Å². The maximum Gasteiger partial charge on any atom is 0.354 e. The van der Waals surface area contributed by atoms with Crippen molar-refractivity contribution < 1.29 is 4.42 Å². The summed E-state index contributed by atoms with van der Waals surface area (Å²) in [6.07, 6.45) is 1.27. The molecule has 0 aliphatic carbocycles. The quantitative estimate of drug-likeness (QED) is 0.758. The van der Waals surface area contributed by atoms with Crippen LogP contribution in [0.5, 0.6) is 0 Å². The second kappa shape index (κ2) is 4.21. The number of hydrogen-bond acceptors (Lipinski definition) is 3. The first kappa shape index (κ1) is 10.5. The van der Waals surface area contributed by atoms with Gasteiger partial charge in [0.25, 0.3) is 0 Å². The molecule has 1 aromatic heterocycles. The summed E-state index contributed by atoms with van der Waals surface area (Å²) in [7, 11) is 0. The largest absolute Gasteiger partial charge is 0.430 e. The minimum Gasteiger partial charge on any atom is -0.430 e. The number of halogens is 1. The third kappa shape index (κ3) is 1.83. The zero-order valence-electron chi connectivity index (χ0n) is 8.11. The smallest absolute Gasteiger partial charge is 0.354 e. The van der Waals surface area contributed by atoms with Crippen molar-refractivity contribution in [1.82, 2.24) is 0 Å². The van der Waals surface area contributed by atoms with Crippen molar-refractivity contribution in [1.29, 1.82) is 5.26 Å². The molecule has 0 saturated heterocycles. The molecule has 2 rings (SSSR count). The molecular weight excluding hydrogens is 226 g/mol. The fourth-order valence-corrected chi connectivity index (χ4v) is 1.52. The average molecular weight is 232 g/mol. The predicted octanol–water partition coefficient (Wildman–Crippen LogP) is 2.83. The highest BCUT2D eigenvalue weighted by Crippen LogP contribution is 2.22. The molecule has 16 heavy (non-hydrogen) atoms. The number of nitrogens with zero attached hydrogens (tertiary/aromatic N) is 1. The van der Waals surface area contributed by atoms with E-state index in [2.05, 4.69) is 4.42 Å². The summed E-state index contributed by atoms with van der Waals surface area (Å²) in [6.45, 7) is 0. The first-order chi connectivity index (χ1) is 7.72. The van der Waals surface area contributed by atoms with E-state index in [4.69, 9.17) is 16.9 Å². The van der Waals surface area contributed by atoms with Crippen LogP contribution < -0.4 is 5.63 Å². The fraction of sp³-hybridized carbons (Fsp3) is 0. The van der Waals surface area contributed by atoms with E-state index in [1.807, 2.05) is 6.07 Å². The minimum absolute atomic E-state index is 0.00447. The number of benzene rings is 1. The third-order valence-corrected chi connectivity index (χ3v) is 2.40. The van der Waals surface area contributed by atoms with Gasteiger partial charge in [-0.1, -0.05) is 23.7 Å². The van der Waals surface area contributed by atoms with Gasteiger partial charge in [-0.15, -0.1) is 0 Å². The fourth-order valence-electron chi connectivity index (χ4n) is 1.39. The van der Waals surface area contributed by atoms with Crippen LogP contribution in [0.3, 0.4) is 0 Å². The Hall–Kier alpha value is -2.05. The Morgan fingerprint density at radius 1 is 1.19 bits per heavy atom. The van der Waals surface area contributed by atoms with Crippen molar-refractivity contribution in [2.45, 2.75) is 0 Å². The summed E-state index contributed by atoms with van der Waals surface area (Å²) in [6, 6.07) is 10.3. The SMILES string of the molecule is N#Cc1c(-c2ccc(Cl)cc2)ccoc1=O. The molecule has 3 nitrogen and oxygen atoms in total. The van der Waals surface area contributed by atoms with Crippen molar-refractivity contribution >= 4 is 11.6 Å². The molecule has 0 atom stereocenters. The van der Waals surface area contributed by atoms with Gasteiger partial charge in [0.2, 0.25) is 0 Å². The van der Waals surface area contributed by atoms with Crippen LogP contribution in [0, 0.1) is 11.3 Å². The second-order valence-corrected chi connectivity index (χ2v) is 3.55. The lowest BCUT2D eigenvalue weighted by molar-refractivity contribution is 0.509. The lowest BCUT2D eigenvalue weighted by Crippen LogP contribution is -2.04. The number of hydrogen-bond donors (Lipinski definition) is 0. The Kier molecular flexibility index (Phi) is 2.76. The normalized spacial score (nSPS) is 9.75. The van der Waals surface area contributed by atoms with Gasteiger partial charge in [-0.25, -0.2) is 4.79 Å². The van der Waals surface area contributed by atoms with Gasteiger partial charge < -0.3 is 4.42 Å². The maximum atomic E-state index is 11.3. The predicted molar refractivity (Wildman–Crippen MR) is 60.1 cm³/mol. The first-order valence-corrected chi connectivity index (χ1v) is 4.88. The maximum absolute atomic E-state index is 11.3. The van der Waals surface area contributed by atoms with Gasteiger partial charge in [0.1, 0.15) is 11.6 Å². The molecule has 0 spiro atoms. The van der Waals surface area contributed by atoms with E-state index in [-0.39, 0.29) is 5.56 Å². The van der Waals surface area contributed by atoms with Gasteiger partial charge in [0.05, 0.1) is 6.26 Å². The van der Waals surface area contributed by atoms with Crippen LogP contribution in [-0.2, 0) is 0 Å². The highest BCUT2D eigenvalue weighted by atomic mass is 35.5. The number of rotatable bonds is 1. The molecule has 0 fully saturated rings.